The van der Waals surface area contributed by atoms with Crippen molar-refractivity contribution in [2.24, 2.45) is 0 Å². The van der Waals surface area contributed by atoms with Crippen molar-refractivity contribution in [3.05, 3.63) is 52.2 Å². The van der Waals surface area contributed by atoms with E-state index in [9.17, 15) is 4.79 Å². The Morgan fingerprint density at radius 3 is 2.57 bits per heavy atom. The number of nitrogens with one attached hydrogen (secondary N) is 1. The Bertz CT molecular complexity index is 1090. The van der Waals surface area contributed by atoms with Gasteiger partial charge >= 0.3 is 0 Å². The van der Waals surface area contributed by atoms with Crippen LogP contribution in [0.15, 0.2) is 35.3 Å². The molecule has 1 aromatic carbocycles. The van der Waals surface area contributed by atoms with E-state index in [0.29, 0.717) is 17.0 Å². The molecule has 1 saturated heterocycles. The maximum absolute atomic E-state index is 12.6. The molecule has 0 radical (unpaired) electrons. The van der Waals surface area contributed by atoms with Gasteiger partial charge in [0.25, 0.3) is 5.56 Å². The largest absolute Gasteiger partial charge is 0.370 e. The summed E-state index contributed by atoms with van der Waals surface area (Å²) in [5.74, 6) is 0.947. The highest BCUT2D eigenvalue weighted by Crippen LogP contribution is 2.32. The van der Waals surface area contributed by atoms with E-state index < -0.39 is 0 Å². The second kappa shape index (κ2) is 6.79. The van der Waals surface area contributed by atoms with E-state index in [1.807, 2.05) is 28.9 Å². The van der Waals surface area contributed by atoms with Crippen molar-refractivity contribution in [3.8, 4) is 6.07 Å². The van der Waals surface area contributed by atoms with Crippen LogP contribution >= 0.6 is 0 Å². The Hall–Kier alpha value is -3.14. The SMILES string of the molecule is N#Cc1ccc(N2CC(c3nc4c(cnn4C4CCCCC4)c(=O)[nH]3)C2)cc1. The van der Waals surface area contributed by atoms with Crippen LogP contribution in [0.1, 0.15) is 55.5 Å². The van der Waals surface area contributed by atoms with E-state index in [2.05, 4.69) is 21.1 Å². The van der Waals surface area contributed by atoms with E-state index in [1.165, 1.54) is 19.3 Å². The molecular formula is C21H22N6O. The predicted molar refractivity (Wildman–Crippen MR) is 106 cm³/mol. The number of benzene rings is 1. The highest BCUT2D eigenvalue weighted by molar-refractivity contribution is 5.73. The average Bonchev–Trinajstić information content (AvgIpc) is 3.13. The fraction of sp³-hybridized carbons (Fsp3) is 0.429. The molecule has 1 N–H and O–H groups in total. The number of nitrogens with zero attached hydrogens (tertiary/aromatic N) is 5. The average molecular weight is 374 g/mol. The van der Waals surface area contributed by atoms with E-state index in [4.69, 9.17) is 10.2 Å². The Morgan fingerprint density at radius 1 is 1.11 bits per heavy atom. The molecule has 2 fully saturated rings. The lowest BCUT2D eigenvalue weighted by Crippen LogP contribution is -2.46. The molecule has 1 saturated carbocycles. The fourth-order valence-electron chi connectivity index (χ4n) is 4.35. The summed E-state index contributed by atoms with van der Waals surface area (Å²) in [5, 5.41) is 14.0. The van der Waals surface area contributed by atoms with Crippen molar-refractivity contribution >= 4 is 16.7 Å². The molecule has 3 aromatic rings. The molecule has 5 rings (SSSR count). The Kier molecular flexibility index (Phi) is 4.12. The summed E-state index contributed by atoms with van der Waals surface area (Å²) < 4.78 is 1.98. The molecule has 3 heterocycles. The number of H-pyrrole nitrogens is 1. The van der Waals surface area contributed by atoms with Crippen molar-refractivity contribution in [1.82, 2.24) is 19.7 Å². The van der Waals surface area contributed by atoms with Gasteiger partial charge in [0.15, 0.2) is 5.65 Å². The summed E-state index contributed by atoms with van der Waals surface area (Å²) in [4.78, 5) is 22.6. The smallest absolute Gasteiger partial charge is 0.262 e. The van der Waals surface area contributed by atoms with Gasteiger partial charge in [0.2, 0.25) is 0 Å². The molecule has 142 valence electrons. The van der Waals surface area contributed by atoms with E-state index in [0.717, 1.165) is 43.1 Å². The van der Waals surface area contributed by atoms with Gasteiger partial charge in [0, 0.05) is 18.8 Å². The molecular weight excluding hydrogens is 352 g/mol. The van der Waals surface area contributed by atoms with Gasteiger partial charge in [-0.3, -0.25) is 4.79 Å². The normalized spacial score (nSPS) is 18.2. The third-order valence-corrected chi connectivity index (χ3v) is 6.03. The highest BCUT2D eigenvalue weighted by Gasteiger charge is 2.31. The minimum absolute atomic E-state index is 0.0983. The maximum atomic E-state index is 12.6. The topological polar surface area (TPSA) is 90.6 Å². The number of anilines is 1. The molecule has 0 bridgehead atoms. The van der Waals surface area contributed by atoms with Gasteiger partial charge in [0.05, 0.1) is 29.8 Å². The summed E-state index contributed by atoms with van der Waals surface area (Å²) in [6, 6.07) is 10.1. The standard InChI is InChI=1S/C21H22N6O/c22-10-14-6-8-16(9-7-14)26-12-15(13-26)19-24-20-18(21(28)25-19)11-23-27(20)17-4-2-1-3-5-17/h6-9,11,15,17H,1-5,12-13H2,(H,24,25,28). The maximum Gasteiger partial charge on any atom is 0.262 e. The first-order chi connectivity index (χ1) is 13.7. The van der Waals surface area contributed by atoms with Gasteiger partial charge in [-0.05, 0) is 37.1 Å². The molecule has 1 aliphatic heterocycles. The molecule has 1 aliphatic carbocycles. The summed E-state index contributed by atoms with van der Waals surface area (Å²) in [5.41, 5.74) is 2.38. The van der Waals surface area contributed by atoms with E-state index in [-0.39, 0.29) is 11.5 Å². The van der Waals surface area contributed by atoms with Crippen molar-refractivity contribution in [1.29, 1.82) is 5.26 Å². The molecule has 28 heavy (non-hydrogen) atoms. The number of fused-ring (bicyclic) bond motifs is 1. The quantitative estimate of drug-likeness (QED) is 0.761. The molecule has 2 aromatic heterocycles. The zero-order chi connectivity index (χ0) is 19.1. The first kappa shape index (κ1) is 17.0. The van der Waals surface area contributed by atoms with Crippen LogP contribution in [0.5, 0.6) is 0 Å². The second-order valence-corrected chi connectivity index (χ2v) is 7.83. The van der Waals surface area contributed by atoms with Crippen LogP contribution in [0, 0.1) is 11.3 Å². The van der Waals surface area contributed by atoms with Crippen LogP contribution in [0.4, 0.5) is 5.69 Å². The molecule has 0 spiro atoms. The first-order valence-corrected chi connectivity index (χ1v) is 9.95. The molecule has 2 aliphatic rings. The summed E-state index contributed by atoms with van der Waals surface area (Å²) in [6.45, 7) is 1.61. The van der Waals surface area contributed by atoms with Gasteiger partial charge in [-0.25, -0.2) is 9.67 Å². The predicted octanol–water partition coefficient (Wildman–Crippen LogP) is 3.10. The van der Waals surface area contributed by atoms with Crippen molar-refractivity contribution in [3.63, 3.8) is 0 Å². The Labute approximate surface area is 162 Å². The highest BCUT2D eigenvalue weighted by atomic mass is 16.1. The minimum Gasteiger partial charge on any atom is -0.370 e. The molecule has 0 unspecified atom stereocenters. The molecule has 7 heteroatoms. The summed E-state index contributed by atoms with van der Waals surface area (Å²) >= 11 is 0. The van der Waals surface area contributed by atoms with Crippen LogP contribution < -0.4 is 10.5 Å². The number of aromatic nitrogens is 4. The van der Waals surface area contributed by atoms with Crippen LogP contribution in [-0.2, 0) is 0 Å². The van der Waals surface area contributed by atoms with Gasteiger partial charge in [0.1, 0.15) is 11.2 Å². The van der Waals surface area contributed by atoms with E-state index >= 15 is 0 Å². The zero-order valence-corrected chi connectivity index (χ0v) is 15.6. The second-order valence-electron chi connectivity index (χ2n) is 7.83. The monoisotopic (exact) mass is 374 g/mol. The van der Waals surface area contributed by atoms with Crippen molar-refractivity contribution in [2.45, 2.75) is 44.1 Å². The third-order valence-electron chi connectivity index (χ3n) is 6.03. The lowest BCUT2D eigenvalue weighted by atomic mass is 9.95. The van der Waals surface area contributed by atoms with Crippen LogP contribution in [0.25, 0.3) is 11.0 Å². The molecule has 0 amide bonds. The molecule has 7 nitrogen and oxygen atoms in total. The number of nitriles is 1. The van der Waals surface area contributed by atoms with Crippen LogP contribution in [-0.4, -0.2) is 32.8 Å². The lowest BCUT2D eigenvalue weighted by Gasteiger charge is -2.40. The van der Waals surface area contributed by atoms with E-state index in [1.54, 1.807) is 6.20 Å². The Morgan fingerprint density at radius 2 is 1.86 bits per heavy atom. The number of hydrogen-bond donors (Lipinski definition) is 1. The Balaban J connectivity index is 1.39. The van der Waals surface area contributed by atoms with Crippen LogP contribution in [0.2, 0.25) is 0 Å². The van der Waals surface area contributed by atoms with Gasteiger partial charge in [-0.15, -0.1) is 0 Å². The molecule has 0 atom stereocenters. The minimum atomic E-state index is -0.0983. The van der Waals surface area contributed by atoms with Gasteiger partial charge in [-0.2, -0.15) is 10.4 Å². The van der Waals surface area contributed by atoms with Gasteiger partial charge in [-0.1, -0.05) is 19.3 Å². The van der Waals surface area contributed by atoms with Crippen molar-refractivity contribution < 1.29 is 0 Å². The third kappa shape index (κ3) is 2.85. The zero-order valence-electron chi connectivity index (χ0n) is 15.6. The summed E-state index contributed by atoms with van der Waals surface area (Å²) in [7, 11) is 0. The van der Waals surface area contributed by atoms with Crippen molar-refractivity contribution in [2.75, 3.05) is 18.0 Å². The first-order valence-electron chi connectivity index (χ1n) is 9.95. The fourth-order valence-corrected chi connectivity index (χ4v) is 4.35. The lowest BCUT2D eigenvalue weighted by molar-refractivity contribution is 0.335. The van der Waals surface area contributed by atoms with Crippen LogP contribution in [0.3, 0.4) is 0 Å². The summed E-state index contributed by atoms with van der Waals surface area (Å²) in [6.07, 6.45) is 7.58. The number of hydrogen-bond acceptors (Lipinski definition) is 5. The van der Waals surface area contributed by atoms with Gasteiger partial charge < -0.3 is 9.88 Å². The number of aromatic amines is 1. The number of rotatable bonds is 3.